The van der Waals surface area contributed by atoms with Crippen molar-refractivity contribution in [2.75, 3.05) is 0 Å². The molecule has 4 heavy (non-hydrogen) atoms. The molecule has 0 fully saturated rings. The predicted octanol–water partition coefficient (Wildman–Crippen LogP) is 1.90. The molecular weight excluding hydrogens is 209 g/mol. The van der Waals surface area contributed by atoms with Gasteiger partial charge in [-0.15, -0.1) is 0 Å². The van der Waals surface area contributed by atoms with Gasteiger partial charge in [0.2, 0.25) is 0 Å². The van der Waals surface area contributed by atoms with Crippen LogP contribution < -0.4 is 0 Å². The minimum Gasteiger partial charge on any atom is -0.210 e. The molecule has 1 unspecified atom stereocenters. The number of rotatable bonds is 0. The first-order chi connectivity index (χ1) is 1.73. The average molecular weight is 210 g/mol. The zero-order valence-electron chi connectivity index (χ0n) is 1.66. The largest absolute Gasteiger partial charge is 0.210 e. The second-order valence-electron chi connectivity index (χ2n) is 0.226. The molecule has 0 saturated heterocycles. The molecule has 0 saturated carbocycles. The number of hydrogen-bond acceptors (Lipinski definition) is 1. The van der Waals surface area contributed by atoms with Crippen molar-refractivity contribution < 1.29 is 4.20 Å². The SMILES string of the molecule is F[PH](=S)I. The van der Waals surface area contributed by atoms with E-state index in [-0.39, 0.29) is 0 Å². The van der Waals surface area contributed by atoms with E-state index in [1.54, 1.807) is 22.0 Å². The van der Waals surface area contributed by atoms with Crippen LogP contribution in [0.2, 0.25) is 0 Å². The van der Waals surface area contributed by atoms with Gasteiger partial charge in [0, 0.05) is 0 Å². The summed E-state index contributed by atoms with van der Waals surface area (Å²) in [4.78, 5) is 0. The molecule has 0 amide bonds. The van der Waals surface area contributed by atoms with Gasteiger partial charge in [0.05, 0.1) is 0 Å². The van der Waals surface area contributed by atoms with Crippen LogP contribution in [0.5, 0.6) is 0 Å². The van der Waals surface area contributed by atoms with Gasteiger partial charge < -0.3 is 0 Å². The van der Waals surface area contributed by atoms with E-state index in [9.17, 15) is 4.20 Å². The highest BCUT2D eigenvalue weighted by molar-refractivity contribution is 14.2. The molecule has 0 aromatic carbocycles. The van der Waals surface area contributed by atoms with Gasteiger partial charge in [-0.25, -0.2) is 4.20 Å². The molecule has 0 nitrogen and oxygen atoms in total. The molecule has 0 radical (unpaired) electrons. The van der Waals surface area contributed by atoms with Crippen LogP contribution in [-0.4, -0.2) is 0 Å². The van der Waals surface area contributed by atoms with E-state index < -0.39 is 4.65 Å². The summed E-state index contributed by atoms with van der Waals surface area (Å²) in [7, 11) is 0. The maximum Gasteiger partial charge on any atom is 0.158 e. The van der Waals surface area contributed by atoms with Crippen LogP contribution in [0.3, 0.4) is 0 Å². The number of hydrogen-bond donors (Lipinski definition) is 0. The Balaban J connectivity index is 2.80. The smallest absolute Gasteiger partial charge is 0.158 e. The highest BCUT2D eigenvalue weighted by Crippen LogP contribution is 2.31. The van der Waals surface area contributed by atoms with Gasteiger partial charge in [-0.2, -0.15) is 0 Å². The fraction of sp³-hybridized carbons (Fsp3) is 0. The topological polar surface area (TPSA) is 0 Å². The molecule has 0 N–H and O–H groups in total. The van der Waals surface area contributed by atoms with Crippen molar-refractivity contribution in [3.63, 3.8) is 0 Å². The van der Waals surface area contributed by atoms with Crippen molar-refractivity contribution in [2.24, 2.45) is 0 Å². The van der Waals surface area contributed by atoms with Crippen molar-refractivity contribution in [1.82, 2.24) is 0 Å². The Kier molecular flexibility index (Phi) is 3.37. The van der Waals surface area contributed by atoms with Gasteiger partial charge in [0.15, 0.2) is 4.65 Å². The lowest BCUT2D eigenvalue weighted by Gasteiger charge is -1.56. The van der Waals surface area contributed by atoms with Crippen LogP contribution in [-0.2, 0) is 11.8 Å². The maximum atomic E-state index is 10.9. The van der Waals surface area contributed by atoms with Crippen molar-refractivity contribution in [2.45, 2.75) is 0 Å². The standard InChI is InChI=1S/FHIPS/c1-3(2)4/h3H. The third-order valence-corrected chi connectivity index (χ3v) is 0. The van der Waals surface area contributed by atoms with E-state index >= 15 is 0 Å². The molecule has 26 valence electrons. The van der Waals surface area contributed by atoms with Crippen LogP contribution in [0.15, 0.2) is 0 Å². The van der Waals surface area contributed by atoms with Crippen LogP contribution in [0.4, 0.5) is 4.20 Å². The molecule has 0 bridgehead atoms. The summed E-state index contributed by atoms with van der Waals surface area (Å²) in [6, 6.07) is 0. The summed E-state index contributed by atoms with van der Waals surface area (Å²) in [6.45, 7) is 0. The Bertz CT molecular complexity index is 31.0. The second-order valence-corrected chi connectivity index (χ2v) is 6.79. The first-order valence-electron chi connectivity index (χ1n) is 0.582. The Morgan fingerprint density at radius 3 is 2.00 bits per heavy atom. The zero-order chi connectivity index (χ0) is 3.58. The Morgan fingerprint density at radius 1 is 2.00 bits per heavy atom. The van der Waals surface area contributed by atoms with Crippen LogP contribution in [0.1, 0.15) is 0 Å². The van der Waals surface area contributed by atoms with Crippen LogP contribution in [0, 0.1) is 0 Å². The third-order valence-electron chi connectivity index (χ3n) is 0. The normalized spacial score (nSPS) is 15.5. The fourth-order valence-corrected chi connectivity index (χ4v) is 0. The zero-order valence-corrected chi connectivity index (χ0v) is 5.64. The van der Waals surface area contributed by atoms with Crippen molar-refractivity contribution in [3.8, 4) is 0 Å². The summed E-state index contributed by atoms with van der Waals surface area (Å²) in [5, 5.41) is 0. The van der Waals surface area contributed by atoms with Gasteiger partial charge in [0.1, 0.15) is 0 Å². The molecule has 0 aliphatic heterocycles. The lowest BCUT2D eigenvalue weighted by Crippen LogP contribution is -0.945. The molecular formula is HFIPS. The maximum absolute atomic E-state index is 10.9. The molecule has 0 spiro atoms. The molecule has 0 aliphatic rings. The van der Waals surface area contributed by atoms with Crippen LogP contribution >= 0.6 is 26.7 Å². The highest BCUT2D eigenvalue weighted by Gasteiger charge is 1.62. The number of halogens is 2. The monoisotopic (exact) mass is 210 g/mol. The molecule has 0 aromatic heterocycles. The summed E-state index contributed by atoms with van der Waals surface area (Å²) in [6.07, 6.45) is 0. The van der Waals surface area contributed by atoms with E-state index in [0.717, 1.165) is 0 Å². The molecule has 0 aliphatic carbocycles. The van der Waals surface area contributed by atoms with E-state index in [1.165, 1.54) is 0 Å². The average Bonchev–Trinajstić information content (AvgIpc) is 0.811. The van der Waals surface area contributed by atoms with Crippen molar-refractivity contribution in [1.29, 1.82) is 0 Å². The Morgan fingerprint density at radius 2 is 2.00 bits per heavy atom. The van der Waals surface area contributed by atoms with Gasteiger partial charge in [-0.1, -0.05) is 11.8 Å². The molecule has 1 atom stereocenters. The lowest BCUT2D eigenvalue weighted by atomic mass is 18.9. The first-order valence-corrected chi connectivity index (χ1v) is 6.21. The molecule has 0 aromatic rings. The lowest BCUT2D eigenvalue weighted by molar-refractivity contribution is 0.937. The fourth-order valence-electron chi connectivity index (χ4n) is 0. The summed E-state index contributed by atoms with van der Waals surface area (Å²) >= 11 is 5.64. The van der Waals surface area contributed by atoms with Crippen LogP contribution in [0.25, 0.3) is 0 Å². The van der Waals surface area contributed by atoms with Gasteiger partial charge in [-0.05, 0) is 22.0 Å². The van der Waals surface area contributed by atoms with E-state index in [2.05, 4.69) is 11.8 Å². The second kappa shape index (κ2) is 2.54. The van der Waals surface area contributed by atoms with Crippen molar-refractivity contribution in [3.05, 3.63) is 0 Å². The predicted molar refractivity (Wildman–Crippen MR) is 30.8 cm³/mol. The van der Waals surface area contributed by atoms with E-state index in [4.69, 9.17) is 0 Å². The Labute approximate surface area is 42.8 Å². The molecule has 4 heteroatoms. The Hall–Kier alpha value is 1.31. The quantitative estimate of drug-likeness (QED) is 0.434. The summed E-state index contributed by atoms with van der Waals surface area (Å²) in [5.41, 5.74) is 0. The van der Waals surface area contributed by atoms with Crippen molar-refractivity contribution >= 4 is 38.5 Å². The van der Waals surface area contributed by atoms with E-state index in [1.807, 2.05) is 0 Å². The van der Waals surface area contributed by atoms with Gasteiger partial charge in [-0.3, -0.25) is 0 Å². The molecule has 0 rings (SSSR count). The van der Waals surface area contributed by atoms with Gasteiger partial charge in [0.25, 0.3) is 0 Å². The summed E-state index contributed by atoms with van der Waals surface area (Å²) < 4.78 is 9.08. The minimum absolute atomic E-state index is 1.59. The third kappa shape index (κ3) is 10.3. The minimum atomic E-state index is -1.83. The van der Waals surface area contributed by atoms with E-state index in [0.29, 0.717) is 0 Å². The first kappa shape index (κ1) is 5.31. The summed E-state index contributed by atoms with van der Waals surface area (Å²) in [5.74, 6) is 0. The molecule has 0 heterocycles. The van der Waals surface area contributed by atoms with Gasteiger partial charge >= 0.3 is 0 Å². The highest BCUT2D eigenvalue weighted by atomic mass is 127.